The SMILES string of the molecule is CC(C)(C)C1CCc2nc3c(CCO)c(CO)[nH]c3cc2C1. The molecule has 2 aromatic rings. The Labute approximate surface area is 131 Å². The Morgan fingerprint density at radius 3 is 2.73 bits per heavy atom. The van der Waals surface area contributed by atoms with E-state index in [0.29, 0.717) is 17.8 Å². The zero-order valence-corrected chi connectivity index (χ0v) is 13.7. The fourth-order valence-corrected chi connectivity index (χ4v) is 3.63. The highest BCUT2D eigenvalue weighted by Crippen LogP contribution is 2.38. The molecule has 0 spiro atoms. The molecule has 0 saturated heterocycles. The average Bonchev–Trinajstić information content (AvgIpc) is 2.81. The lowest BCUT2D eigenvalue weighted by atomic mass is 9.71. The van der Waals surface area contributed by atoms with Crippen LogP contribution in [-0.4, -0.2) is 26.8 Å². The number of rotatable bonds is 3. The summed E-state index contributed by atoms with van der Waals surface area (Å²) in [5.41, 5.74) is 6.50. The first kappa shape index (κ1) is 15.5. The van der Waals surface area contributed by atoms with Gasteiger partial charge in [0.2, 0.25) is 0 Å². The summed E-state index contributed by atoms with van der Waals surface area (Å²) in [5, 5.41) is 18.8. The number of pyridine rings is 1. The summed E-state index contributed by atoms with van der Waals surface area (Å²) in [6, 6.07) is 2.20. The lowest BCUT2D eigenvalue weighted by Crippen LogP contribution is -2.27. The fourth-order valence-electron chi connectivity index (χ4n) is 3.63. The summed E-state index contributed by atoms with van der Waals surface area (Å²) < 4.78 is 0. The molecule has 1 aliphatic rings. The minimum atomic E-state index is -0.0407. The van der Waals surface area contributed by atoms with Gasteiger partial charge in [-0.3, -0.25) is 4.98 Å². The summed E-state index contributed by atoms with van der Waals surface area (Å²) in [6.45, 7) is 6.97. The third kappa shape index (κ3) is 2.66. The first-order chi connectivity index (χ1) is 10.4. The molecular weight excluding hydrogens is 276 g/mol. The van der Waals surface area contributed by atoms with Gasteiger partial charge in [-0.05, 0) is 48.6 Å². The van der Waals surface area contributed by atoms with E-state index in [2.05, 4.69) is 31.8 Å². The zero-order valence-electron chi connectivity index (χ0n) is 13.7. The lowest BCUT2D eigenvalue weighted by molar-refractivity contribution is 0.215. The Balaban J connectivity index is 2.05. The Morgan fingerprint density at radius 2 is 2.09 bits per heavy atom. The highest BCUT2D eigenvalue weighted by atomic mass is 16.3. The second-order valence-corrected chi connectivity index (χ2v) is 7.51. The maximum absolute atomic E-state index is 9.52. The largest absolute Gasteiger partial charge is 0.396 e. The van der Waals surface area contributed by atoms with Crippen molar-refractivity contribution in [3.05, 3.63) is 28.6 Å². The number of nitrogens with one attached hydrogen (secondary N) is 1. The Bertz CT molecular complexity index is 682. The van der Waals surface area contributed by atoms with Gasteiger partial charge in [-0.1, -0.05) is 20.8 Å². The molecule has 1 atom stereocenters. The van der Waals surface area contributed by atoms with Crippen LogP contribution in [0.2, 0.25) is 0 Å². The van der Waals surface area contributed by atoms with Gasteiger partial charge in [0.25, 0.3) is 0 Å². The first-order valence-electron chi connectivity index (χ1n) is 8.18. The molecule has 1 unspecified atom stereocenters. The molecule has 0 radical (unpaired) electrons. The predicted molar refractivity (Wildman–Crippen MR) is 87.8 cm³/mol. The van der Waals surface area contributed by atoms with Crippen LogP contribution in [0.5, 0.6) is 0 Å². The second kappa shape index (κ2) is 5.67. The molecule has 2 aromatic heterocycles. The van der Waals surface area contributed by atoms with Crippen molar-refractivity contribution in [3.8, 4) is 0 Å². The number of nitrogens with zero attached hydrogens (tertiary/aromatic N) is 1. The second-order valence-electron chi connectivity index (χ2n) is 7.51. The highest BCUT2D eigenvalue weighted by molar-refractivity contribution is 5.81. The summed E-state index contributed by atoms with van der Waals surface area (Å²) in [7, 11) is 0. The number of aliphatic hydroxyl groups is 2. The van der Waals surface area contributed by atoms with Gasteiger partial charge in [0.05, 0.1) is 17.6 Å². The van der Waals surface area contributed by atoms with Crippen molar-refractivity contribution in [2.24, 2.45) is 11.3 Å². The molecule has 3 rings (SSSR count). The van der Waals surface area contributed by atoms with Crippen LogP contribution in [0.1, 0.15) is 49.7 Å². The van der Waals surface area contributed by atoms with Gasteiger partial charge in [-0.25, -0.2) is 0 Å². The van der Waals surface area contributed by atoms with Crippen molar-refractivity contribution in [2.75, 3.05) is 6.61 Å². The predicted octanol–water partition coefficient (Wildman–Crippen LogP) is 2.74. The normalized spacial score (nSPS) is 18.7. The van der Waals surface area contributed by atoms with Crippen LogP contribution in [0.15, 0.2) is 6.07 Å². The molecule has 1 aliphatic carbocycles. The van der Waals surface area contributed by atoms with Gasteiger partial charge >= 0.3 is 0 Å². The molecule has 22 heavy (non-hydrogen) atoms. The summed E-state index contributed by atoms with van der Waals surface area (Å²) in [4.78, 5) is 8.14. The monoisotopic (exact) mass is 302 g/mol. The van der Waals surface area contributed by atoms with Crippen LogP contribution in [0.4, 0.5) is 0 Å². The van der Waals surface area contributed by atoms with Gasteiger partial charge in [-0.2, -0.15) is 0 Å². The van der Waals surface area contributed by atoms with Crippen molar-refractivity contribution >= 4 is 11.0 Å². The van der Waals surface area contributed by atoms with Crippen LogP contribution in [-0.2, 0) is 25.9 Å². The van der Waals surface area contributed by atoms with Crippen molar-refractivity contribution in [3.63, 3.8) is 0 Å². The smallest absolute Gasteiger partial charge is 0.0918 e. The zero-order chi connectivity index (χ0) is 15.9. The van der Waals surface area contributed by atoms with Crippen LogP contribution >= 0.6 is 0 Å². The van der Waals surface area contributed by atoms with E-state index in [0.717, 1.165) is 35.1 Å². The van der Waals surface area contributed by atoms with Gasteiger partial charge < -0.3 is 15.2 Å². The van der Waals surface area contributed by atoms with Crippen LogP contribution < -0.4 is 0 Å². The molecule has 120 valence electrons. The number of H-pyrrole nitrogens is 1. The molecule has 0 saturated carbocycles. The van der Waals surface area contributed by atoms with Gasteiger partial charge in [0.1, 0.15) is 0 Å². The maximum atomic E-state index is 9.52. The van der Waals surface area contributed by atoms with E-state index in [-0.39, 0.29) is 13.2 Å². The minimum Gasteiger partial charge on any atom is -0.396 e. The molecule has 0 bridgehead atoms. The van der Waals surface area contributed by atoms with Gasteiger partial charge in [0, 0.05) is 23.6 Å². The molecule has 0 aliphatic heterocycles. The average molecular weight is 302 g/mol. The van der Waals surface area contributed by atoms with Gasteiger partial charge in [0.15, 0.2) is 0 Å². The third-order valence-electron chi connectivity index (χ3n) is 5.07. The Hall–Kier alpha value is -1.39. The van der Waals surface area contributed by atoms with E-state index < -0.39 is 0 Å². The summed E-state index contributed by atoms with van der Waals surface area (Å²) >= 11 is 0. The minimum absolute atomic E-state index is 0.0407. The van der Waals surface area contributed by atoms with Crippen molar-refractivity contribution in [2.45, 2.75) is 53.1 Å². The van der Waals surface area contributed by atoms with Crippen molar-refractivity contribution < 1.29 is 10.2 Å². The quantitative estimate of drug-likeness (QED) is 0.816. The molecule has 0 fully saturated rings. The number of fused-ring (bicyclic) bond motifs is 2. The first-order valence-corrected chi connectivity index (χ1v) is 8.18. The van der Waals surface area contributed by atoms with Crippen molar-refractivity contribution in [1.82, 2.24) is 9.97 Å². The van der Waals surface area contributed by atoms with Crippen LogP contribution in [0, 0.1) is 11.3 Å². The maximum Gasteiger partial charge on any atom is 0.0918 e. The van der Waals surface area contributed by atoms with E-state index >= 15 is 0 Å². The van der Waals surface area contributed by atoms with Crippen molar-refractivity contribution in [1.29, 1.82) is 0 Å². The number of aromatic nitrogens is 2. The number of hydrogen-bond acceptors (Lipinski definition) is 3. The number of hydrogen-bond donors (Lipinski definition) is 3. The van der Waals surface area contributed by atoms with Gasteiger partial charge in [-0.15, -0.1) is 0 Å². The van der Waals surface area contributed by atoms with Crippen LogP contribution in [0.3, 0.4) is 0 Å². The number of aryl methyl sites for hydroxylation is 1. The van der Waals surface area contributed by atoms with Crippen LogP contribution in [0.25, 0.3) is 11.0 Å². The third-order valence-corrected chi connectivity index (χ3v) is 5.07. The lowest BCUT2D eigenvalue weighted by Gasteiger charge is -2.34. The van der Waals surface area contributed by atoms with E-state index in [1.165, 1.54) is 17.7 Å². The molecule has 0 amide bonds. The topological polar surface area (TPSA) is 69.1 Å². The van der Waals surface area contributed by atoms with E-state index in [1.807, 2.05) is 0 Å². The number of aliphatic hydroxyl groups excluding tert-OH is 2. The molecule has 4 nitrogen and oxygen atoms in total. The summed E-state index contributed by atoms with van der Waals surface area (Å²) in [5.74, 6) is 0.684. The molecule has 0 aromatic carbocycles. The Kier molecular flexibility index (Phi) is 4.00. The summed E-state index contributed by atoms with van der Waals surface area (Å²) in [6.07, 6.45) is 3.81. The van der Waals surface area contributed by atoms with E-state index in [1.54, 1.807) is 0 Å². The highest BCUT2D eigenvalue weighted by Gasteiger charge is 2.29. The molecule has 2 heterocycles. The molecular formula is C18H26N2O2. The Morgan fingerprint density at radius 1 is 1.32 bits per heavy atom. The standard InChI is InChI=1S/C18H26N2O2/c1-18(2,3)12-4-5-14-11(8-12)9-15-17(20-14)13(6-7-21)16(10-22)19-15/h9,12,19,21-22H,4-8,10H2,1-3H3. The number of aromatic amines is 1. The molecule has 3 N–H and O–H groups in total. The van der Waals surface area contributed by atoms with E-state index in [9.17, 15) is 10.2 Å². The van der Waals surface area contributed by atoms with E-state index in [4.69, 9.17) is 4.98 Å². The molecule has 4 heteroatoms. The fraction of sp³-hybridized carbons (Fsp3) is 0.611.